The Morgan fingerprint density at radius 3 is 1.75 bits per heavy atom. The summed E-state index contributed by atoms with van der Waals surface area (Å²) in [4.78, 5) is 0. The lowest BCUT2D eigenvalue weighted by molar-refractivity contribution is -0.166. The highest BCUT2D eigenvalue weighted by Gasteiger charge is 2.34. The van der Waals surface area contributed by atoms with Gasteiger partial charge in [0.2, 0.25) is 0 Å². The van der Waals surface area contributed by atoms with Crippen molar-refractivity contribution >= 4 is 15.9 Å². The van der Waals surface area contributed by atoms with Crippen LogP contribution in [0.2, 0.25) is 0 Å². The summed E-state index contributed by atoms with van der Waals surface area (Å²) in [7, 11) is 1.70. The number of rotatable bonds is 6. The third-order valence-corrected chi connectivity index (χ3v) is 5.35. The predicted molar refractivity (Wildman–Crippen MR) is 86.9 cm³/mol. The van der Waals surface area contributed by atoms with Crippen LogP contribution >= 0.6 is 15.9 Å². The Morgan fingerprint density at radius 2 is 1.40 bits per heavy atom. The SMILES string of the molecule is C=C(Br)C(OC)OC(C1CCCCC1)C1CCCCC1. The molecule has 0 saturated heterocycles. The second-order valence-corrected chi connectivity index (χ2v) is 7.43. The highest BCUT2D eigenvalue weighted by atomic mass is 79.9. The molecule has 116 valence electrons. The van der Waals surface area contributed by atoms with Gasteiger partial charge in [-0.15, -0.1) is 0 Å². The van der Waals surface area contributed by atoms with Gasteiger partial charge in [-0.25, -0.2) is 0 Å². The van der Waals surface area contributed by atoms with Crippen molar-refractivity contribution in [1.29, 1.82) is 0 Å². The largest absolute Gasteiger partial charge is 0.351 e. The van der Waals surface area contributed by atoms with E-state index in [1.54, 1.807) is 7.11 Å². The molecule has 0 aromatic carbocycles. The first-order valence-electron chi connectivity index (χ1n) is 8.25. The molecule has 1 unspecified atom stereocenters. The molecule has 0 amide bonds. The van der Waals surface area contributed by atoms with Gasteiger partial charge in [0.25, 0.3) is 0 Å². The van der Waals surface area contributed by atoms with Gasteiger partial charge < -0.3 is 9.47 Å². The first kappa shape index (κ1) is 16.5. The van der Waals surface area contributed by atoms with Crippen molar-refractivity contribution in [1.82, 2.24) is 0 Å². The minimum Gasteiger partial charge on any atom is -0.351 e. The summed E-state index contributed by atoms with van der Waals surface area (Å²) in [5.74, 6) is 1.44. The standard InChI is InChI=1S/C17H29BrO2/c1-13(18)17(19-2)20-16(14-9-5-3-6-10-14)15-11-7-4-8-12-15/h14-17H,1,3-12H2,2H3. The Bertz CT molecular complexity index is 275. The van der Waals surface area contributed by atoms with Gasteiger partial charge in [0.1, 0.15) is 0 Å². The second kappa shape index (κ2) is 8.55. The molecule has 2 rings (SSSR count). The lowest BCUT2D eigenvalue weighted by Crippen LogP contribution is -2.38. The molecule has 2 aliphatic rings. The summed E-state index contributed by atoms with van der Waals surface area (Å²) in [6, 6.07) is 0. The van der Waals surface area contributed by atoms with Gasteiger partial charge in [-0.1, -0.05) is 61.0 Å². The minimum atomic E-state index is -0.302. The van der Waals surface area contributed by atoms with Crippen molar-refractivity contribution in [2.45, 2.75) is 76.6 Å². The molecule has 0 aromatic rings. The number of ether oxygens (including phenoxy) is 2. The van der Waals surface area contributed by atoms with E-state index in [0.717, 1.165) is 16.3 Å². The Morgan fingerprint density at radius 1 is 0.950 bits per heavy atom. The van der Waals surface area contributed by atoms with Crippen molar-refractivity contribution in [3.8, 4) is 0 Å². The van der Waals surface area contributed by atoms with Crippen molar-refractivity contribution in [2.75, 3.05) is 7.11 Å². The zero-order valence-corrected chi connectivity index (χ0v) is 14.4. The highest BCUT2D eigenvalue weighted by Crippen LogP contribution is 2.38. The van der Waals surface area contributed by atoms with E-state index in [9.17, 15) is 0 Å². The summed E-state index contributed by atoms with van der Waals surface area (Å²) in [6.45, 7) is 3.94. The molecule has 2 saturated carbocycles. The van der Waals surface area contributed by atoms with Crippen LogP contribution in [0.5, 0.6) is 0 Å². The summed E-state index contributed by atoms with van der Waals surface area (Å²) >= 11 is 3.43. The Kier molecular flexibility index (Phi) is 7.06. The fraction of sp³-hybridized carbons (Fsp3) is 0.882. The van der Waals surface area contributed by atoms with Crippen LogP contribution in [-0.2, 0) is 9.47 Å². The van der Waals surface area contributed by atoms with E-state index < -0.39 is 0 Å². The Hall–Kier alpha value is 0.140. The summed E-state index contributed by atoms with van der Waals surface area (Å²) < 4.78 is 12.6. The number of halogens is 1. The normalized spacial score (nSPS) is 23.9. The summed E-state index contributed by atoms with van der Waals surface area (Å²) in [5, 5.41) is 0. The molecule has 0 heterocycles. The van der Waals surface area contributed by atoms with E-state index in [2.05, 4.69) is 22.5 Å². The van der Waals surface area contributed by atoms with Crippen LogP contribution in [0.4, 0.5) is 0 Å². The highest BCUT2D eigenvalue weighted by molar-refractivity contribution is 9.11. The molecule has 0 aromatic heterocycles. The van der Waals surface area contributed by atoms with Crippen molar-refractivity contribution < 1.29 is 9.47 Å². The molecule has 2 nitrogen and oxygen atoms in total. The van der Waals surface area contributed by atoms with Gasteiger partial charge in [0.05, 0.1) is 6.10 Å². The smallest absolute Gasteiger partial charge is 0.189 e. The average molecular weight is 345 g/mol. The van der Waals surface area contributed by atoms with Crippen LogP contribution < -0.4 is 0 Å². The van der Waals surface area contributed by atoms with E-state index in [-0.39, 0.29) is 6.29 Å². The molecule has 0 bridgehead atoms. The molecule has 0 N–H and O–H groups in total. The predicted octanol–water partition coefficient (Wildman–Crippen LogP) is 5.41. The van der Waals surface area contributed by atoms with Gasteiger partial charge in [-0.2, -0.15) is 0 Å². The van der Waals surface area contributed by atoms with Crippen molar-refractivity contribution in [2.24, 2.45) is 11.8 Å². The molecule has 2 aliphatic carbocycles. The van der Waals surface area contributed by atoms with E-state index in [0.29, 0.717) is 6.10 Å². The summed E-state index contributed by atoms with van der Waals surface area (Å²) in [5.41, 5.74) is 0. The van der Waals surface area contributed by atoms with E-state index in [1.165, 1.54) is 64.2 Å². The fourth-order valence-corrected chi connectivity index (χ4v) is 4.23. The third-order valence-electron chi connectivity index (χ3n) is 4.98. The Balaban J connectivity index is 2.03. The lowest BCUT2D eigenvalue weighted by Gasteiger charge is -2.39. The molecule has 3 heteroatoms. The Labute approximate surface area is 132 Å². The first-order valence-corrected chi connectivity index (χ1v) is 9.04. The molecule has 0 aliphatic heterocycles. The molecular weight excluding hydrogens is 316 g/mol. The fourth-order valence-electron chi connectivity index (χ4n) is 3.93. The van der Waals surface area contributed by atoms with E-state index in [1.807, 2.05) is 0 Å². The maximum atomic E-state index is 6.37. The van der Waals surface area contributed by atoms with Crippen LogP contribution in [0.25, 0.3) is 0 Å². The zero-order chi connectivity index (χ0) is 14.4. The first-order chi connectivity index (χ1) is 9.72. The van der Waals surface area contributed by atoms with Gasteiger partial charge in [0.15, 0.2) is 6.29 Å². The molecule has 0 radical (unpaired) electrons. The van der Waals surface area contributed by atoms with Gasteiger partial charge in [0, 0.05) is 11.6 Å². The minimum absolute atomic E-state index is 0.302. The average Bonchev–Trinajstić information content (AvgIpc) is 2.50. The van der Waals surface area contributed by atoms with Crippen LogP contribution in [0.3, 0.4) is 0 Å². The molecule has 1 atom stereocenters. The maximum Gasteiger partial charge on any atom is 0.189 e. The van der Waals surface area contributed by atoms with Gasteiger partial charge in [-0.05, 0) is 37.5 Å². The quantitative estimate of drug-likeness (QED) is 0.599. The topological polar surface area (TPSA) is 18.5 Å². The maximum absolute atomic E-state index is 6.37. The van der Waals surface area contributed by atoms with Gasteiger partial charge in [-0.3, -0.25) is 0 Å². The zero-order valence-electron chi connectivity index (χ0n) is 12.8. The van der Waals surface area contributed by atoms with Crippen LogP contribution in [0.15, 0.2) is 11.1 Å². The molecular formula is C17H29BrO2. The third kappa shape index (κ3) is 4.57. The number of hydrogen-bond acceptors (Lipinski definition) is 2. The molecule has 20 heavy (non-hydrogen) atoms. The van der Waals surface area contributed by atoms with Crippen molar-refractivity contribution in [3.63, 3.8) is 0 Å². The second-order valence-electron chi connectivity index (χ2n) is 6.41. The van der Waals surface area contributed by atoms with E-state index in [4.69, 9.17) is 9.47 Å². The lowest BCUT2D eigenvalue weighted by atomic mass is 9.75. The van der Waals surface area contributed by atoms with E-state index >= 15 is 0 Å². The molecule has 0 spiro atoms. The van der Waals surface area contributed by atoms with Crippen molar-refractivity contribution in [3.05, 3.63) is 11.1 Å². The number of methoxy groups -OCH3 is 1. The summed E-state index contributed by atoms with van der Waals surface area (Å²) in [6.07, 6.45) is 13.6. The number of hydrogen-bond donors (Lipinski definition) is 0. The monoisotopic (exact) mass is 344 g/mol. The van der Waals surface area contributed by atoms with Crippen LogP contribution in [0, 0.1) is 11.8 Å². The van der Waals surface area contributed by atoms with Crippen LogP contribution in [-0.4, -0.2) is 19.5 Å². The van der Waals surface area contributed by atoms with Gasteiger partial charge >= 0.3 is 0 Å². The van der Waals surface area contributed by atoms with Crippen LogP contribution in [0.1, 0.15) is 64.2 Å². The molecule has 2 fully saturated rings.